The first-order valence-corrected chi connectivity index (χ1v) is 9.52. The molecule has 0 spiro atoms. The summed E-state index contributed by atoms with van der Waals surface area (Å²) in [6.45, 7) is 7.21. The summed E-state index contributed by atoms with van der Waals surface area (Å²) in [6, 6.07) is 11.0. The zero-order valence-electron chi connectivity index (χ0n) is 15.4. The van der Waals surface area contributed by atoms with Crippen molar-refractivity contribution in [2.24, 2.45) is 0 Å². The molecule has 0 fully saturated rings. The van der Waals surface area contributed by atoms with Gasteiger partial charge in [0.2, 0.25) is 0 Å². The molecule has 136 valence electrons. The fourth-order valence-corrected chi connectivity index (χ4v) is 3.85. The van der Waals surface area contributed by atoms with Gasteiger partial charge in [0.1, 0.15) is 16.7 Å². The van der Waals surface area contributed by atoms with Crippen molar-refractivity contribution in [3.8, 4) is 10.4 Å². The van der Waals surface area contributed by atoms with Gasteiger partial charge in [0, 0.05) is 4.88 Å². The summed E-state index contributed by atoms with van der Waals surface area (Å²) < 4.78 is 6.81. The average molecular weight is 370 g/mol. The highest BCUT2D eigenvalue weighted by Crippen LogP contribution is 2.31. The predicted molar refractivity (Wildman–Crippen MR) is 105 cm³/mol. The van der Waals surface area contributed by atoms with Crippen molar-refractivity contribution in [3.63, 3.8) is 0 Å². The molecule has 0 saturated heterocycles. The van der Waals surface area contributed by atoms with Gasteiger partial charge in [-0.05, 0) is 38.8 Å². The molecule has 2 heterocycles. The third kappa shape index (κ3) is 3.42. The number of aryl methyl sites for hydroxylation is 1. The maximum absolute atomic E-state index is 13.0. The van der Waals surface area contributed by atoms with Crippen LogP contribution >= 0.6 is 11.3 Å². The van der Waals surface area contributed by atoms with Gasteiger partial charge in [-0.2, -0.15) is 0 Å². The third-order valence-electron chi connectivity index (χ3n) is 4.45. The first-order valence-electron chi connectivity index (χ1n) is 8.71. The molecule has 26 heavy (non-hydrogen) atoms. The molecule has 3 aromatic rings. The van der Waals surface area contributed by atoms with Crippen LogP contribution in [0.15, 0.2) is 41.2 Å². The smallest absolute Gasteiger partial charge is 0.329 e. The average Bonchev–Trinajstić information content (AvgIpc) is 3.06. The molecule has 0 aliphatic heterocycles. The van der Waals surface area contributed by atoms with Crippen molar-refractivity contribution in [3.05, 3.63) is 52.6 Å². The highest BCUT2D eigenvalue weighted by Gasteiger charge is 2.23. The van der Waals surface area contributed by atoms with Crippen LogP contribution in [0.1, 0.15) is 39.1 Å². The maximum Gasteiger partial charge on any atom is 0.329 e. The van der Waals surface area contributed by atoms with Crippen molar-refractivity contribution in [2.75, 3.05) is 0 Å². The Morgan fingerprint density at radius 3 is 2.62 bits per heavy atom. The summed E-state index contributed by atoms with van der Waals surface area (Å²) >= 11 is 1.48. The van der Waals surface area contributed by atoms with Gasteiger partial charge in [-0.3, -0.25) is 9.36 Å². The quantitative estimate of drug-likeness (QED) is 0.627. The molecular formula is C20H22N2O3S. The Hall–Kier alpha value is -2.47. The molecule has 0 N–H and O–H groups in total. The van der Waals surface area contributed by atoms with Crippen molar-refractivity contribution in [1.29, 1.82) is 0 Å². The summed E-state index contributed by atoms with van der Waals surface area (Å²) in [7, 11) is 0. The molecular weight excluding hydrogens is 348 g/mol. The molecule has 2 unspecified atom stereocenters. The molecule has 2 aromatic heterocycles. The largest absolute Gasteiger partial charge is 0.461 e. The van der Waals surface area contributed by atoms with Crippen LogP contribution in [-0.4, -0.2) is 21.6 Å². The molecule has 0 amide bonds. The number of hydrogen-bond donors (Lipinski definition) is 0. The fourth-order valence-electron chi connectivity index (χ4n) is 2.78. The molecule has 6 heteroatoms. The van der Waals surface area contributed by atoms with Crippen LogP contribution in [0.4, 0.5) is 0 Å². The number of hydrogen-bond acceptors (Lipinski definition) is 5. The lowest BCUT2D eigenvalue weighted by atomic mass is 10.2. The number of aromatic nitrogens is 2. The monoisotopic (exact) mass is 370 g/mol. The topological polar surface area (TPSA) is 61.2 Å². The Balaban J connectivity index is 2.05. The fraction of sp³-hybridized carbons (Fsp3) is 0.350. The Bertz CT molecular complexity index is 991. The van der Waals surface area contributed by atoms with E-state index in [-0.39, 0.29) is 11.7 Å². The van der Waals surface area contributed by atoms with Crippen LogP contribution < -0.4 is 5.56 Å². The van der Waals surface area contributed by atoms with E-state index in [2.05, 4.69) is 4.98 Å². The van der Waals surface area contributed by atoms with Gasteiger partial charge in [-0.1, -0.05) is 37.3 Å². The number of benzene rings is 1. The minimum absolute atomic E-state index is 0.177. The van der Waals surface area contributed by atoms with E-state index in [9.17, 15) is 9.59 Å². The van der Waals surface area contributed by atoms with E-state index in [0.717, 1.165) is 16.9 Å². The molecule has 3 rings (SSSR count). The molecule has 0 bridgehead atoms. The van der Waals surface area contributed by atoms with Gasteiger partial charge in [0.15, 0.2) is 0 Å². The lowest BCUT2D eigenvalue weighted by molar-refractivity contribution is -0.152. The van der Waals surface area contributed by atoms with Crippen LogP contribution in [0.3, 0.4) is 0 Å². The van der Waals surface area contributed by atoms with E-state index in [1.54, 1.807) is 13.8 Å². The van der Waals surface area contributed by atoms with Crippen molar-refractivity contribution >= 4 is 27.5 Å². The highest BCUT2D eigenvalue weighted by molar-refractivity contribution is 7.21. The van der Waals surface area contributed by atoms with Gasteiger partial charge in [0.25, 0.3) is 5.56 Å². The van der Waals surface area contributed by atoms with Crippen LogP contribution in [0.2, 0.25) is 0 Å². The Morgan fingerprint density at radius 2 is 1.96 bits per heavy atom. The zero-order valence-corrected chi connectivity index (χ0v) is 16.2. The van der Waals surface area contributed by atoms with Crippen LogP contribution in [-0.2, 0) is 9.53 Å². The Morgan fingerprint density at radius 1 is 1.27 bits per heavy atom. The normalized spacial score (nSPS) is 13.5. The van der Waals surface area contributed by atoms with Crippen LogP contribution in [0.25, 0.3) is 20.7 Å². The van der Waals surface area contributed by atoms with E-state index < -0.39 is 12.0 Å². The first-order chi connectivity index (χ1) is 12.4. The minimum atomic E-state index is -0.714. The SMILES string of the molecule is CCC(C)OC(=O)C(C)n1c(C)nc2sc(-c3ccccc3)cc2c1=O. The predicted octanol–water partition coefficient (Wildman–Crippen LogP) is 4.34. The Labute approximate surface area is 156 Å². The lowest BCUT2D eigenvalue weighted by Crippen LogP contribution is -2.32. The van der Waals surface area contributed by atoms with Crippen LogP contribution in [0, 0.1) is 6.92 Å². The number of thiophene rings is 1. The summed E-state index contributed by atoms with van der Waals surface area (Å²) in [6.07, 6.45) is 0.553. The van der Waals surface area contributed by atoms with Gasteiger partial charge >= 0.3 is 5.97 Å². The van der Waals surface area contributed by atoms with E-state index in [4.69, 9.17) is 4.74 Å². The molecule has 0 aliphatic carbocycles. The standard InChI is InChI=1S/C20H22N2O3S/c1-5-12(2)25-20(24)13(3)22-14(4)21-18-16(19(22)23)11-17(26-18)15-9-7-6-8-10-15/h6-13H,5H2,1-4H3. The minimum Gasteiger partial charge on any atom is -0.461 e. The van der Waals surface area contributed by atoms with Crippen molar-refractivity contribution in [2.45, 2.75) is 46.3 Å². The number of fused-ring (bicyclic) bond motifs is 1. The second-order valence-corrected chi connectivity index (χ2v) is 7.39. The van der Waals surface area contributed by atoms with Crippen molar-refractivity contribution in [1.82, 2.24) is 9.55 Å². The van der Waals surface area contributed by atoms with E-state index in [1.165, 1.54) is 15.9 Å². The molecule has 0 radical (unpaired) electrons. The Kier molecular flexibility index (Phi) is 5.23. The van der Waals surface area contributed by atoms with E-state index >= 15 is 0 Å². The first kappa shape index (κ1) is 18.3. The highest BCUT2D eigenvalue weighted by atomic mass is 32.1. The summed E-state index contributed by atoms with van der Waals surface area (Å²) in [5.41, 5.74) is 0.836. The maximum atomic E-state index is 13.0. The zero-order chi connectivity index (χ0) is 18.8. The van der Waals surface area contributed by atoms with Crippen LogP contribution in [0.5, 0.6) is 0 Å². The molecule has 5 nitrogen and oxygen atoms in total. The second kappa shape index (κ2) is 7.41. The number of nitrogens with zero attached hydrogens (tertiary/aromatic N) is 2. The lowest BCUT2D eigenvalue weighted by Gasteiger charge is -2.19. The number of rotatable bonds is 5. The van der Waals surface area contributed by atoms with E-state index in [0.29, 0.717) is 16.0 Å². The number of esters is 1. The summed E-state index contributed by atoms with van der Waals surface area (Å²) in [4.78, 5) is 31.6. The third-order valence-corrected chi connectivity index (χ3v) is 5.53. The van der Waals surface area contributed by atoms with E-state index in [1.807, 2.05) is 50.2 Å². The molecule has 2 atom stereocenters. The second-order valence-electron chi connectivity index (χ2n) is 6.36. The molecule has 0 saturated carbocycles. The number of carbonyl (C=O) groups is 1. The molecule has 1 aromatic carbocycles. The molecule has 0 aliphatic rings. The van der Waals surface area contributed by atoms with Crippen molar-refractivity contribution < 1.29 is 9.53 Å². The summed E-state index contributed by atoms with van der Waals surface area (Å²) in [5, 5.41) is 0.530. The summed E-state index contributed by atoms with van der Waals surface area (Å²) in [5.74, 6) is 0.0989. The van der Waals surface area contributed by atoms with Gasteiger partial charge in [0.05, 0.1) is 11.5 Å². The van der Waals surface area contributed by atoms with Gasteiger partial charge < -0.3 is 4.74 Å². The number of carbonyl (C=O) groups excluding carboxylic acids is 1. The van der Waals surface area contributed by atoms with Gasteiger partial charge in [-0.15, -0.1) is 11.3 Å². The number of ether oxygens (including phenoxy) is 1. The van der Waals surface area contributed by atoms with Gasteiger partial charge in [-0.25, -0.2) is 9.78 Å².